The molecule has 0 saturated heterocycles. The molecule has 0 atom stereocenters. The second-order valence-corrected chi connectivity index (χ2v) is 10.1. The SMILES string of the molecule is CS(=O)(=O)C1=NN2C(=N)/C(=C\c3ccc(OCc4ccc([N+](=O)[O-])cc4)cc3)C(=O)N=C2S1. The summed E-state index contributed by atoms with van der Waals surface area (Å²) in [5.41, 5.74) is 1.33. The molecule has 2 aliphatic rings. The van der Waals surface area contributed by atoms with E-state index in [1.807, 2.05) is 0 Å². The highest BCUT2D eigenvalue weighted by Crippen LogP contribution is 2.30. The number of nitrogens with zero attached hydrogens (tertiary/aromatic N) is 4. The van der Waals surface area contributed by atoms with Gasteiger partial charge in [-0.15, -0.1) is 5.10 Å². The highest BCUT2D eigenvalue weighted by Gasteiger charge is 2.38. The molecule has 168 valence electrons. The summed E-state index contributed by atoms with van der Waals surface area (Å²) in [7, 11) is -3.60. The fourth-order valence-corrected chi connectivity index (χ4v) is 4.52. The number of hydrogen-bond donors (Lipinski definition) is 1. The van der Waals surface area contributed by atoms with Crippen molar-refractivity contribution in [2.24, 2.45) is 10.1 Å². The first-order valence-corrected chi connectivity index (χ1v) is 12.0. The van der Waals surface area contributed by atoms with Gasteiger partial charge < -0.3 is 4.74 Å². The Morgan fingerprint density at radius 1 is 1.18 bits per heavy atom. The number of ether oxygens (including phenoxy) is 1. The summed E-state index contributed by atoms with van der Waals surface area (Å²) in [5, 5.41) is 23.9. The Bertz CT molecular complexity index is 1360. The standard InChI is InChI=1S/C20H15N5O6S2/c1-33(29,30)20-23-24-17(21)16(18(26)22-19(24)32-20)10-12-4-8-15(9-5-12)31-11-13-2-6-14(7-3-13)25(27)28/h2-10,21H,11H2,1H3/b16-10+,21-17?. The second-order valence-electron chi connectivity index (χ2n) is 6.94. The monoisotopic (exact) mass is 485 g/mol. The molecule has 0 aliphatic carbocycles. The molecule has 2 heterocycles. The number of nitro groups is 1. The Hall–Kier alpha value is -3.84. The summed E-state index contributed by atoms with van der Waals surface area (Å²) in [5.74, 6) is -0.393. The van der Waals surface area contributed by atoms with Gasteiger partial charge >= 0.3 is 0 Å². The Morgan fingerprint density at radius 3 is 2.45 bits per heavy atom. The van der Waals surface area contributed by atoms with Crippen molar-refractivity contribution in [2.75, 3.05) is 6.26 Å². The third-order valence-corrected chi connectivity index (χ3v) is 7.07. The molecule has 2 aliphatic heterocycles. The van der Waals surface area contributed by atoms with Crippen LogP contribution >= 0.6 is 11.8 Å². The predicted molar refractivity (Wildman–Crippen MR) is 124 cm³/mol. The van der Waals surface area contributed by atoms with Crippen molar-refractivity contribution in [2.45, 2.75) is 6.61 Å². The van der Waals surface area contributed by atoms with Gasteiger partial charge in [-0.3, -0.25) is 20.3 Å². The zero-order valence-electron chi connectivity index (χ0n) is 17.0. The van der Waals surface area contributed by atoms with Crippen molar-refractivity contribution in [3.8, 4) is 5.75 Å². The largest absolute Gasteiger partial charge is 0.489 e. The lowest BCUT2D eigenvalue weighted by molar-refractivity contribution is -0.384. The maximum atomic E-state index is 12.4. The van der Waals surface area contributed by atoms with E-state index >= 15 is 0 Å². The van der Waals surface area contributed by atoms with Crippen LogP contribution in [0, 0.1) is 15.5 Å². The molecule has 0 aromatic heterocycles. The van der Waals surface area contributed by atoms with Gasteiger partial charge in [0, 0.05) is 18.4 Å². The van der Waals surface area contributed by atoms with Gasteiger partial charge in [-0.25, -0.2) is 8.42 Å². The lowest BCUT2D eigenvalue weighted by Crippen LogP contribution is -2.35. The number of hydrogen-bond acceptors (Lipinski definition) is 9. The van der Waals surface area contributed by atoms with Crippen molar-refractivity contribution >= 4 is 54.6 Å². The third-order valence-electron chi connectivity index (χ3n) is 4.50. The second kappa shape index (κ2) is 8.60. The molecule has 1 amide bonds. The van der Waals surface area contributed by atoms with Crippen LogP contribution < -0.4 is 4.74 Å². The Morgan fingerprint density at radius 2 is 1.85 bits per heavy atom. The van der Waals surface area contributed by atoms with Crippen LogP contribution in [0.5, 0.6) is 5.75 Å². The fraction of sp³-hybridized carbons (Fsp3) is 0.100. The zero-order valence-corrected chi connectivity index (χ0v) is 18.6. The average Bonchev–Trinajstić information content (AvgIpc) is 3.21. The highest BCUT2D eigenvalue weighted by atomic mass is 32.3. The van der Waals surface area contributed by atoms with Gasteiger partial charge in [-0.2, -0.15) is 10.0 Å². The first-order valence-electron chi connectivity index (χ1n) is 9.28. The number of nitro benzene ring substituents is 1. The lowest BCUT2D eigenvalue weighted by atomic mass is 10.1. The molecule has 13 heteroatoms. The number of fused-ring (bicyclic) bond motifs is 1. The molecule has 1 N–H and O–H groups in total. The number of thioether (sulfide) groups is 1. The van der Waals surface area contributed by atoms with E-state index in [1.54, 1.807) is 36.4 Å². The summed E-state index contributed by atoms with van der Waals surface area (Å²) in [4.78, 5) is 26.5. The van der Waals surface area contributed by atoms with Crippen LogP contribution in [0.1, 0.15) is 11.1 Å². The van der Waals surface area contributed by atoms with Crippen molar-refractivity contribution < 1.29 is 22.9 Å². The van der Waals surface area contributed by atoms with Crippen LogP contribution in [0.15, 0.2) is 64.2 Å². The van der Waals surface area contributed by atoms with Crippen LogP contribution in [0.25, 0.3) is 6.08 Å². The van der Waals surface area contributed by atoms with Gasteiger partial charge in [0.2, 0.25) is 19.4 Å². The first-order chi connectivity index (χ1) is 15.6. The Kier molecular flexibility index (Phi) is 5.82. The van der Waals surface area contributed by atoms with Crippen molar-refractivity contribution in [3.05, 3.63) is 75.3 Å². The Balaban J connectivity index is 1.46. The Labute approximate surface area is 192 Å². The quantitative estimate of drug-likeness (QED) is 0.385. The summed E-state index contributed by atoms with van der Waals surface area (Å²) < 4.78 is 28.9. The molecule has 11 nitrogen and oxygen atoms in total. The molecule has 0 radical (unpaired) electrons. The minimum atomic E-state index is -3.60. The molecule has 0 spiro atoms. The van der Waals surface area contributed by atoms with Crippen LogP contribution in [0.3, 0.4) is 0 Å². The third kappa shape index (κ3) is 4.83. The number of amidine groups is 2. The fourth-order valence-electron chi connectivity index (χ4n) is 2.83. The molecule has 0 unspecified atom stereocenters. The van der Waals surface area contributed by atoms with E-state index < -0.39 is 20.7 Å². The van der Waals surface area contributed by atoms with Gasteiger partial charge in [0.25, 0.3) is 11.6 Å². The number of sulfone groups is 1. The van der Waals surface area contributed by atoms with Crippen LogP contribution in [0.4, 0.5) is 5.69 Å². The summed E-state index contributed by atoms with van der Waals surface area (Å²) in [6.07, 6.45) is 2.45. The number of non-ortho nitro benzene ring substituents is 1. The number of benzene rings is 2. The molecular weight excluding hydrogens is 470 g/mol. The minimum Gasteiger partial charge on any atom is -0.489 e. The van der Waals surface area contributed by atoms with Crippen molar-refractivity contribution in [3.63, 3.8) is 0 Å². The van der Waals surface area contributed by atoms with E-state index in [0.29, 0.717) is 11.3 Å². The number of nitrogens with one attached hydrogen (secondary N) is 1. The van der Waals surface area contributed by atoms with E-state index in [9.17, 15) is 23.3 Å². The van der Waals surface area contributed by atoms with Gasteiger partial charge in [-0.1, -0.05) is 12.1 Å². The van der Waals surface area contributed by atoms with Crippen molar-refractivity contribution in [1.82, 2.24) is 5.01 Å². The molecule has 33 heavy (non-hydrogen) atoms. The molecule has 0 saturated carbocycles. The van der Waals surface area contributed by atoms with E-state index in [0.717, 1.165) is 28.6 Å². The summed E-state index contributed by atoms with van der Waals surface area (Å²) in [6.45, 7) is 0.215. The average molecular weight is 486 g/mol. The minimum absolute atomic E-state index is 0.00109. The van der Waals surface area contributed by atoms with E-state index in [1.165, 1.54) is 18.2 Å². The van der Waals surface area contributed by atoms with Crippen LogP contribution in [0.2, 0.25) is 0 Å². The summed E-state index contributed by atoms with van der Waals surface area (Å²) >= 11 is 0.724. The predicted octanol–water partition coefficient (Wildman–Crippen LogP) is 2.80. The van der Waals surface area contributed by atoms with Crippen LogP contribution in [-0.4, -0.2) is 45.9 Å². The van der Waals surface area contributed by atoms with Crippen LogP contribution in [-0.2, 0) is 21.2 Å². The normalized spacial score (nSPS) is 17.0. The van der Waals surface area contributed by atoms with Crippen molar-refractivity contribution in [1.29, 1.82) is 5.41 Å². The number of amides is 1. The van der Waals surface area contributed by atoms with E-state index in [4.69, 9.17) is 10.1 Å². The maximum absolute atomic E-state index is 12.4. The number of rotatable bonds is 5. The van der Waals surface area contributed by atoms with Gasteiger partial charge in [0.1, 0.15) is 12.4 Å². The molecule has 0 bridgehead atoms. The topological polar surface area (TPSA) is 155 Å². The zero-order chi connectivity index (χ0) is 23.8. The lowest BCUT2D eigenvalue weighted by Gasteiger charge is -2.20. The maximum Gasteiger partial charge on any atom is 0.283 e. The number of carbonyl (C=O) groups is 1. The van der Waals surface area contributed by atoms with Gasteiger partial charge in [0.05, 0.1) is 10.5 Å². The number of aliphatic imine (C=N–C) groups is 1. The first kappa shape index (κ1) is 22.4. The van der Waals surface area contributed by atoms with Gasteiger partial charge in [0.15, 0.2) is 5.84 Å². The number of carbonyl (C=O) groups excluding carboxylic acids is 1. The molecule has 2 aromatic carbocycles. The van der Waals surface area contributed by atoms with E-state index in [2.05, 4.69) is 10.1 Å². The summed E-state index contributed by atoms with van der Waals surface area (Å²) in [6, 6.07) is 12.7. The molecule has 2 aromatic rings. The highest BCUT2D eigenvalue weighted by molar-refractivity contribution is 8.42. The molecule has 4 rings (SSSR count). The molecule has 0 fully saturated rings. The van der Waals surface area contributed by atoms with E-state index in [-0.39, 0.29) is 33.2 Å². The molecular formula is C20H15N5O6S2. The smallest absolute Gasteiger partial charge is 0.283 e. The van der Waals surface area contributed by atoms with Gasteiger partial charge in [-0.05, 0) is 53.2 Å². The number of hydrazone groups is 1.